The Kier molecular flexibility index (Phi) is 5.12. The van der Waals surface area contributed by atoms with E-state index >= 15 is 0 Å². The molecule has 23 heavy (non-hydrogen) atoms. The van der Waals surface area contributed by atoms with Crippen LogP contribution < -0.4 is 5.32 Å². The van der Waals surface area contributed by atoms with Crippen LogP contribution >= 0.6 is 0 Å². The van der Waals surface area contributed by atoms with Crippen LogP contribution in [-0.4, -0.2) is 49.2 Å². The van der Waals surface area contributed by atoms with Gasteiger partial charge in [-0.1, -0.05) is 30.3 Å². The van der Waals surface area contributed by atoms with Crippen molar-refractivity contribution in [1.29, 1.82) is 0 Å². The van der Waals surface area contributed by atoms with Gasteiger partial charge in [-0.25, -0.2) is 4.79 Å². The second-order valence-corrected chi connectivity index (χ2v) is 6.04. The van der Waals surface area contributed by atoms with Gasteiger partial charge in [-0.05, 0) is 18.4 Å². The van der Waals surface area contributed by atoms with E-state index in [1.54, 1.807) is 4.90 Å². The molecule has 2 aliphatic rings. The van der Waals surface area contributed by atoms with Crippen LogP contribution in [0.4, 0.5) is 4.79 Å². The van der Waals surface area contributed by atoms with Crippen LogP contribution in [0, 0.1) is 5.92 Å². The fourth-order valence-electron chi connectivity index (χ4n) is 2.72. The quantitative estimate of drug-likeness (QED) is 0.914. The van der Waals surface area contributed by atoms with Gasteiger partial charge in [-0.2, -0.15) is 0 Å². The van der Waals surface area contributed by atoms with Gasteiger partial charge in [-0.15, -0.1) is 0 Å². The van der Waals surface area contributed by atoms with E-state index in [-0.39, 0.29) is 30.6 Å². The van der Waals surface area contributed by atoms with E-state index in [1.807, 2.05) is 30.3 Å². The molecule has 1 N–H and O–H groups in total. The van der Waals surface area contributed by atoms with Crippen molar-refractivity contribution in [3.8, 4) is 0 Å². The van der Waals surface area contributed by atoms with E-state index in [4.69, 9.17) is 9.47 Å². The van der Waals surface area contributed by atoms with Gasteiger partial charge in [0, 0.05) is 19.1 Å². The van der Waals surface area contributed by atoms with Gasteiger partial charge < -0.3 is 19.7 Å². The Morgan fingerprint density at radius 2 is 1.87 bits per heavy atom. The van der Waals surface area contributed by atoms with Gasteiger partial charge in [0.15, 0.2) is 0 Å². The third-order valence-electron chi connectivity index (χ3n) is 4.31. The lowest BCUT2D eigenvalue weighted by Crippen LogP contribution is -2.50. The summed E-state index contributed by atoms with van der Waals surface area (Å²) in [5, 5.41) is 3.04. The normalized spacial score (nSPS) is 19.0. The molecule has 1 aromatic carbocycles. The monoisotopic (exact) mass is 318 g/mol. The summed E-state index contributed by atoms with van der Waals surface area (Å²) in [6.45, 7) is 2.56. The van der Waals surface area contributed by atoms with Crippen LogP contribution in [0.5, 0.6) is 0 Å². The predicted molar refractivity (Wildman–Crippen MR) is 83.7 cm³/mol. The van der Waals surface area contributed by atoms with Crippen LogP contribution in [0.25, 0.3) is 0 Å². The highest BCUT2D eigenvalue weighted by atomic mass is 16.6. The molecule has 2 fully saturated rings. The molecule has 0 spiro atoms. The minimum atomic E-state index is -0.286. The molecule has 0 bridgehead atoms. The van der Waals surface area contributed by atoms with Gasteiger partial charge >= 0.3 is 6.09 Å². The van der Waals surface area contributed by atoms with E-state index in [9.17, 15) is 9.59 Å². The zero-order valence-electron chi connectivity index (χ0n) is 13.1. The van der Waals surface area contributed by atoms with Crippen molar-refractivity contribution in [3.05, 3.63) is 35.9 Å². The molecule has 0 aliphatic carbocycles. The number of carbonyl (C=O) groups excluding carboxylic acids is 2. The van der Waals surface area contributed by atoms with E-state index in [0.717, 1.165) is 18.4 Å². The molecule has 0 saturated carbocycles. The van der Waals surface area contributed by atoms with E-state index < -0.39 is 0 Å². The number of piperidine rings is 1. The maximum Gasteiger partial charge on any atom is 0.410 e. The fraction of sp³-hybridized carbons (Fsp3) is 0.529. The smallest absolute Gasteiger partial charge is 0.410 e. The first kappa shape index (κ1) is 15.8. The number of rotatable bonds is 4. The first-order chi connectivity index (χ1) is 11.2. The molecule has 124 valence electrons. The highest BCUT2D eigenvalue weighted by molar-refractivity contribution is 5.79. The number of ether oxygens (including phenoxy) is 2. The molecule has 1 aromatic rings. The van der Waals surface area contributed by atoms with Crippen molar-refractivity contribution in [2.24, 2.45) is 5.92 Å². The molecule has 2 amide bonds. The highest BCUT2D eigenvalue weighted by Gasteiger charge is 2.30. The van der Waals surface area contributed by atoms with Crippen molar-refractivity contribution in [3.63, 3.8) is 0 Å². The number of amides is 2. The van der Waals surface area contributed by atoms with Crippen molar-refractivity contribution in [2.75, 3.05) is 26.3 Å². The minimum Gasteiger partial charge on any atom is -0.445 e. The SMILES string of the molecule is O=C(NC1CCN(C(=O)OCc2ccccc2)CC1)C1COC1. The summed E-state index contributed by atoms with van der Waals surface area (Å²) >= 11 is 0. The first-order valence-electron chi connectivity index (χ1n) is 8.06. The molecular formula is C17H22N2O4. The number of carbonyl (C=O) groups is 2. The number of hydrogen-bond donors (Lipinski definition) is 1. The largest absolute Gasteiger partial charge is 0.445 e. The summed E-state index contributed by atoms with van der Waals surface area (Å²) < 4.78 is 10.4. The lowest BCUT2D eigenvalue weighted by molar-refractivity contribution is -0.139. The molecule has 2 aliphatic heterocycles. The second kappa shape index (κ2) is 7.46. The summed E-state index contributed by atoms with van der Waals surface area (Å²) in [4.78, 5) is 25.6. The number of likely N-dealkylation sites (tertiary alicyclic amines) is 1. The summed E-state index contributed by atoms with van der Waals surface area (Å²) in [6.07, 6.45) is 1.24. The number of benzene rings is 1. The lowest BCUT2D eigenvalue weighted by atomic mass is 10.0. The lowest BCUT2D eigenvalue weighted by Gasteiger charge is -2.33. The molecule has 3 rings (SSSR count). The first-order valence-corrected chi connectivity index (χ1v) is 8.06. The Bertz CT molecular complexity index is 537. The number of nitrogens with zero attached hydrogens (tertiary/aromatic N) is 1. The number of hydrogen-bond acceptors (Lipinski definition) is 4. The molecule has 6 nitrogen and oxygen atoms in total. The van der Waals surface area contributed by atoms with E-state index in [1.165, 1.54) is 0 Å². The average molecular weight is 318 g/mol. The number of nitrogens with one attached hydrogen (secondary N) is 1. The molecule has 0 radical (unpaired) electrons. The van der Waals surface area contributed by atoms with Gasteiger partial charge in [-0.3, -0.25) is 4.79 Å². The Morgan fingerprint density at radius 3 is 2.48 bits per heavy atom. The summed E-state index contributed by atoms with van der Waals surface area (Å²) in [5.74, 6) is 0.0743. The fourth-order valence-corrected chi connectivity index (χ4v) is 2.72. The van der Waals surface area contributed by atoms with Gasteiger partial charge in [0.25, 0.3) is 0 Å². The summed E-state index contributed by atoms with van der Waals surface area (Å²) in [7, 11) is 0. The molecule has 0 atom stereocenters. The molecule has 2 saturated heterocycles. The van der Waals surface area contributed by atoms with Crippen molar-refractivity contribution < 1.29 is 19.1 Å². The molecule has 0 unspecified atom stereocenters. The molecular weight excluding hydrogens is 296 g/mol. The Morgan fingerprint density at radius 1 is 1.17 bits per heavy atom. The third-order valence-corrected chi connectivity index (χ3v) is 4.31. The van der Waals surface area contributed by atoms with Crippen LogP contribution in [-0.2, 0) is 20.9 Å². The second-order valence-electron chi connectivity index (χ2n) is 6.04. The van der Waals surface area contributed by atoms with E-state index in [0.29, 0.717) is 26.3 Å². The van der Waals surface area contributed by atoms with Crippen LogP contribution in [0.3, 0.4) is 0 Å². The van der Waals surface area contributed by atoms with Gasteiger partial charge in [0.2, 0.25) is 5.91 Å². The predicted octanol–water partition coefficient (Wildman–Crippen LogP) is 1.55. The van der Waals surface area contributed by atoms with Crippen LogP contribution in [0.1, 0.15) is 18.4 Å². The van der Waals surface area contributed by atoms with Crippen LogP contribution in [0.2, 0.25) is 0 Å². The summed E-state index contributed by atoms with van der Waals surface area (Å²) in [6, 6.07) is 9.77. The standard InChI is InChI=1S/C17H22N2O4/c20-16(14-11-22-12-14)18-15-6-8-19(9-7-15)17(21)23-10-13-4-2-1-3-5-13/h1-5,14-15H,6-12H2,(H,18,20). The van der Waals surface area contributed by atoms with Crippen molar-refractivity contribution >= 4 is 12.0 Å². The van der Waals surface area contributed by atoms with E-state index in [2.05, 4.69) is 5.32 Å². The summed E-state index contributed by atoms with van der Waals surface area (Å²) in [5.41, 5.74) is 0.978. The van der Waals surface area contributed by atoms with Gasteiger partial charge in [0.05, 0.1) is 19.1 Å². The Labute approximate surface area is 135 Å². The van der Waals surface area contributed by atoms with Crippen molar-refractivity contribution in [2.45, 2.75) is 25.5 Å². The molecule has 0 aromatic heterocycles. The maximum atomic E-state index is 12.1. The topological polar surface area (TPSA) is 67.9 Å². The Hall–Kier alpha value is -2.08. The third kappa shape index (κ3) is 4.22. The molecule has 6 heteroatoms. The zero-order valence-corrected chi connectivity index (χ0v) is 13.1. The Balaban J connectivity index is 1.38. The van der Waals surface area contributed by atoms with Crippen molar-refractivity contribution in [1.82, 2.24) is 10.2 Å². The molecule has 2 heterocycles. The highest BCUT2D eigenvalue weighted by Crippen LogP contribution is 2.15. The van der Waals surface area contributed by atoms with Crippen LogP contribution in [0.15, 0.2) is 30.3 Å². The zero-order chi connectivity index (χ0) is 16.1. The van der Waals surface area contributed by atoms with Gasteiger partial charge in [0.1, 0.15) is 6.61 Å². The maximum absolute atomic E-state index is 12.1. The average Bonchev–Trinajstić information content (AvgIpc) is 2.52. The minimum absolute atomic E-state index is 0.00358.